The van der Waals surface area contributed by atoms with Crippen LogP contribution >= 0.6 is 15.9 Å². The summed E-state index contributed by atoms with van der Waals surface area (Å²) < 4.78 is 14.7. The molecule has 122 valence electrons. The van der Waals surface area contributed by atoms with E-state index in [-0.39, 0.29) is 17.8 Å². The SMILES string of the molecule is CCCN(C(=O)Nc1ccccc1F)C(C)c1ccccc1Br. The zero-order valence-corrected chi connectivity index (χ0v) is 14.8. The summed E-state index contributed by atoms with van der Waals surface area (Å²) in [6.45, 7) is 4.57. The Balaban J connectivity index is 2.22. The van der Waals surface area contributed by atoms with Gasteiger partial charge in [0.2, 0.25) is 0 Å². The minimum atomic E-state index is -0.439. The largest absolute Gasteiger partial charge is 0.322 e. The number of hydrogen-bond acceptors (Lipinski definition) is 1. The van der Waals surface area contributed by atoms with E-state index in [1.54, 1.807) is 23.1 Å². The Bertz CT molecular complexity index is 678. The Morgan fingerprint density at radius 3 is 2.52 bits per heavy atom. The van der Waals surface area contributed by atoms with Gasteiger partial charge >= 0.3 is 6.03 Å². The number of carbonyl (C=O) groups excluding carboxylic acids is 1. The summed E-state index contributed by atoms with van der Waals surface area (Å²) in [5.41, 5.74) is 1.21. The first-order chi connectivity index (χ1) is 11.0. The molecule has 23 heavy (non-hydrogen) atoms. The molecule has 0 saturated heterocycles. The average molecular weight is 379 g/mol. The summed E-state index contributed by atoms with van der Waals surface area (Å²) in [5.74, 6) is -0.439. The van der Waals surface area contributed by atoms with Gasteiger partial charge in [-0.2, -0.15) is 0 Å². The number of nitrogens with zero attached hydrogens (tertiary/aromatic N) is 1. The highest BCUT2D eigenvalue weighted by molar-refractivity contribution is 9.10. The third-order valence-corrected chi connectivity index (χ3v) is 4.39. The summed E-state index contributed by atoms with van der Waals surface area (Å²) in [7, 11) is 0. The number of benzene rings is 2. The highest BCUT2D eigenvalue weighted by Gasteiger charge is 2.22. The summed E-state index contributed by atoms with van der Waals surface area (Å²) in [6, 6.07) is 13.5. The second-order valence-corrected chi connectivity index (χ2v) is 6.16. The van der Waals surface area contributed by atoms with Crippen LogP contribution in [0.4, 0.5) is 14.9 Å². The fraction of sp³-hybridized carbons (Fsp3) is 0.278. The second-order valence-electron chi connectivity index (χ2n) is 5.30. The van der Waals surface area contributed by atoms with Crippen LogP contribution in [0.2, 0.25) is 0 Å². The maximum atomic E-state index is 13.7. The lowest BCUT2D eigenvalue weighted by Crippen LogP contribution is -2.38. The minimum absolute atomic E-state index is 0.128. The molecule has 1 atom stereocenters. The van der Waals surface area contributed by atoms with E-state index < -0.39 is 5.82 Å². The van der Waals surface area contributed by atoms with Gasteiger partial charge < -0.3 is 10.2 Å². The summed E-state index contributed by atoms with van der Waals surface area (Å²) in [6.07, 6.45) is 0.819. The molecular formula is C18H20BrFN2O. The average Bonchev–Trinajstić information content (AvgIpc) is 2.54. The molecule has 0 radical (unpaired) electrons. The van der Waals surface area contributed by atoms with Crippen molar-refractivity contribution in [3.05, 3.63) is 64.4 Å². The van der Waals surface area contributed by atoms with Crippen molar-refractivity contribution in [3.8, 4) is 0 Å². The highest BCUT2D eigenvalue weighted by Crippen LogP contribution is 2.28. The van der Waals surface area contributed by atoms with Gasteiger partial charge in [-0.25, -0.2) is 9.18 Å². The van der Waals surface area contributed by atoms with Crippen LogP contribution in [-0.2, 0) is 0 Å². The van der Waals surface area contributed by atoms with Crippen LogP contribution in [0.3, 0.4) is 0 Å². The fourth-order valence-electron chi connectivity index (χ4n) is 2.44. The lowest BCUT2D eigenvalue weighted by molar-refractivity contribution is 0.192. The predicted molar refractivity (Wildman–Crippen MR) is 95.0 cm³/mol. The van der Waals surface area contributed by atoms with Crippen LogP contribution in [0.1, 0.15) is 31.9 Å². The Morgan fingerprint density at radius 1 is 1.22 bits per heavy atom. The van der Waals surface area contributed by atoms with Crippen LogP contribution in [-0.4, -0.2) is 17.5 Å². The van der Waals surface area contributed by atoms with Gasteiger partial charge in [0.05, 0.1) is 11.7 Å². The Labute approximate surface area is 144 Å². The normalized spacial score (nSPS) is 11.8. The van der Waals surface area contributed by atoms with Crippen LogP contribution in [0, 0.1) is 5.82 Å². The molecule has 2 rings (SSSR count). The lowest BCUT2D eigenvalue weighted by atomic mass is 10.1. The van der Waals surface area contributed by atoms with Crippen molar-refractivity contribution in [2.24, 2.45) is 0 Å². The molecule has 2 amide bonds. The summed E-state index contributed by atoms with van der Waals surface area (Å²) in [4.78, 5) is 14.3. The smallest absolute Gasteiger partial charge is 0.318 e. The van der Waals surface area contributed by atoms with Crippen molar-refractivity contribution >= 4 is 27.6 Å². The Morgan fingerprint density at radius 2 is 1.87 bits per heavy atom. The van der Waals surface area contributed by atoms with E-state index in [4.69, 9.17) is 0 Å². The maximum Gasteiger partial charge on any atom is 0.322 e. The van der Waals surface area contributed by atoms with Crippen molar-refractivity contribution in [1.82, 2.24) is 4.90 Å². The van der Waals surface area contributed by atoms with Gasteiger partial charge in [-0.1, -0.05) is 53.2 Å². The first-order valence-electron chi connectivity index (χ1n) is 7.61. The van der Waals surface area contributed by atoms with Crippen LogP contribution < -0.4 is 5.32 Å². The number of carbonyl (C=O) groups is 1. The van der Waals surface area contributed by atoms with E-state index in [0.29, 0.717) is 6.54 Å². The van der Waals surface area contributed by atoms with Gasteiger partial charge in [-0.05, 0) is 37.1 Å². The van der Waals surface area contributed by atoms with Crippen LogP contribution in [0.25, 0.3) is 0 Å². The number of urea groups is 1. The third kappa shape index (κ3) is 4.32. The van der Waals surface area contributed by atoms with E-state index in [1.165, 1.54) is 6.07 Å². The van der Waals surface area contributed by atoms with Crippen LogP contribution in [0.5, 0.6) is 0 Å². The number of hydrogen-bond donors (Lipinski definition) is 1. The van der Waals surface area contributed by atoms with E-state index >= 15 is 0 Å². The number of para-hydroxylation sites is 1. The first kappa shape index (κ1) is 17.5. The zero-order chi connectivity index (χ0) is 16.8. The molecule has 3 nitrogen and oxygen atoms in total. The van der Waals surface area contributed by atoms with Gasteiger partial charge in [-0.3, -0.25) is 0 Å². The fourth-order valence-corrected chi connectivity index (χ4v) is 3.06. The summed E-state index contributed by atoms with van der Waals surface area (Å²) in [5, 5.41) is 2.66. The third-order valence-electron chi connectivity index (χ3n) is 3.66. The van der Waals surface area contributed by atoms with E-state index in [2.05, 4.69) is 21.2 Å². The van der Waals surface area contributed by atoms with Gasteiger partial charge in [0.1, 0.15) is 5.82 Å². The Kier molecular flexibility index (Phi) is 6.16. The number of nitrogens with one attached hydrogen (secondary N) is 1. The minimum Gasteiger partial charge on any atom is -0.318 e. The first-order valence-corrected chi connectivity index (χ1v) is 8.40. The molecule has 2 aromatic rings. The van der Waals surface area contributed by atoms with E-state index in [1.807, 2.05) is 38.1 Å². The molecule has 1 N–H and O–H groups in total. The highest BCUT2D eigenvalue weighted by atomic mass is 79.9. The Hall–Kier alpha value is -1.88. The standard InChI is InChI=1S/C18H20BrFN2O/c1-3-12-22(13(2)14-8-4-5-9-15(14)19)18(23)21-17-11-7-6-10-16(17)20/h4-11,13H,3,12H2,1-2H3,(H,21,23). The van der Waals surface area contributed by atoms with Crippen molar-refractivity contribution < 1.29 is 9.18 Å². The van der Waals surface area contributed by atoms with E-state index in [9.17, 15) is 9.18 Å². The number of rotatable bonds is 5. The second kappa shape index (κ2) is 8.11. The molecule has 0 bridgehead atoms. The van der Waals surface area contributed by atoms with Crippen molar-refractivity contribution in [3.63, 3.8) is 0 Å². The predicted octanol–water partition coefficient (Wildman–Crippen LogP) is 5.59. The number of halogens is 2. The van der Waals surface area contributed by atoms with Gasteiger partial charge in [0, 0.05) is 11.0 Å². The topological polar surface area (TPSA) is 32.3 Å². The molecule has 1 unspecified atom stereocenters. The van der Waals surface area contributed by atoms with Crippen LogP contribution in [0.15, 0.2) is 53.0 Å². The van der Waals surface area contributed by atoms with Gasteiger partial charge in [0.15, 0.2) is 0 Å². The van der Waals surface area contributed by atoms with Crippen molar-refractivity contribution in [2.75, 3.05) is 11.9 Å². The molecule has 0 heterocycles. The molecule has 0 saturated carbocycles. The summed E-state index contributed by atoms with van der Waals surface area (Å²) >= 11 is 3.53. The van der Waals surface area contributed by atoms with Gasteiger partial charge in [-0.15, -0.1) is 0 Å². The maximum absolute atomic E-state index is 13.7. The van der Waals surface area contributed by atoms with Crippen molar-refractivity contribution in [2.45, 2.75) is 26.3 Å². The molecule has 0 aliphatic carbocycles. The number of amides is 2. The van der Waals surface area contributed by atoms with Crippen molar-refractivity contribution in [1.29, 1.82) is 0 Å². The van der Waals surface area contributed by atoms with E-state index in [0.717, 1.165) is 16.5 Å². The molecule has 2 aromatic carbocycles. The molecule has 0 aromatic heterocycles. The quantitative estimate of drug-likeness (QED) is 0.721. The molecule has 0 fully saturated rings. The zero-order valence-electron chi connectivity index (χ0n) is 13.2. The molecule has 5 heteroatoms. The monoisotopic (exact) mass is 378 g/mol. The molecule has 0 spiro atoms. The number of anilines is 1. The molecular weight excluding hydrogens is 359 g/mol. The molecule has 0 aliphatic rings. The lowest BCUT2D eigenvalue weighted by Gasteiger charge is -2.30. The molecule has 0 aliphatic heterocycles. The van der Waals surface area contributed by atoms with Gasteiger partial charge in [0.25, 0.3) is 0 Å².